The summed E-state index contributed by atoms with van der Waals surface area (Å²) >= 11 is 0. The van der Waals surface area contributed by atoms with Crippen molar-refractivity contribution >= 4 is 0 Å². The average molecular weight is 286 g/mol. The van der Waals surface area contributed by atoms with E-state index >= 15 is 0 Å². The Morgan fingerprint density at radius 2 is 2.05 bits per heavy atom. The molecule has 1 heterocycles. The minimum atomic E-state index is -4.70. The second-order valence-electron chi connectivity index (χ2n) is 4.69. The van der Waals surface area contributed by atoms with E-state index < -0.39 is 6.36 Å². The van der Waals surface area contributed by atoms with Crippen LogP contribution in [0.5, 0.6) is 5.75 Å². The van der Waals surface area contributed by atoms with Crippen molar-refractivity contribution in [2.75, 3.05) is 0 Å². The molecule has 0 saturated carbocycles. The van der Waals surface area contributed by atoms with Crippen molar-refractivity contribution in [2.45, 2.75) is 26.6 Å². The predicted molar refractivity (Wildman–Crippen MR) is 64.4 cm³/mol. The summed E-state index contributed by atoms with van der Waals surface area (Å²) in [5, 5.41) is 10.8. The molecule has 5 nitrogen and oxygen atoms in total. The maximum Gasteiger partial charge on any atom is 0.573 e. The van der Waals surface area contributed by atoms with Gasteiger partial charge in [0.25, 0.3) is 0 Å². The molecule has 8 heteroatoms. The van der Waals surface area contributed by atoms with Crippen LogP contribution in [0.1, 0.15) is 19.4 Å². The minimum absolute atomic E-state index is 0.245. The fraction of sp³-hybridized carbons (Fsp3) is 0.417. The maximum absolute atomic E-state index is 12.2. The summed E-state index contributed by atoms with van der Waals surface area (Å²) in [6, 6.07) is 4.12. The number of rotatable bonds is 4. The standard InChI is InChI=1S/C12H13F3N4O/c1-8(2)5-9-6-10(20-12(13,14)15)3-4-11(9)19-7-16-17-18-19/h3-4,6-8H,5H2,1-2H3. The van der Waals surface area contributed by atoms with Crippen molar-refractivity contribution in [3.8, 4) is 11.4 Å². The van der Waals surface area contributed by atoms with E-state index in [2.05, 4.69) is 20.3 Å². The lowest BCUT2D eigenvalue weighted by Gasteiger charge is -2.14. The Labute approximate surface area is 113 Å². The Balaban J connectivity index is 2.38. The van der Waals surface area contributed by atoms with E-state index in [0.717, 1.165) is 0 Å². The molecule has 0 atom stereocenters. The van der Waals surface area contributed by atoms with Gasteiger partial charge in [-0.3, -0.25) is 0 Å². The molecule has 20 heavy (non-hydrogen) atoms. The van der Waals surface area contributed by atoms with Crippen molar-refractivity contribution in [1.82, 2.24) is 20.2 Å². The summed E-state index contributed by atoms with van der Waals surface area (Å²) < 4.78 is 42.1. The number of halogens is 3. The molecule has 0 bridgehead atoms. The summed E-state index contributed by atoms with van der Waals surface area (Å²) in [6.45, 7) is 3.95. The second kappa shape index (κ2) is 5.48. The van der Waals surface area contributed by atoms with Gasteiger partial charge in [0.2, 0.25) is 0 Å². The predicted octanol–water partition coefficient (Wildman–Crippen LogP) is 2.76. The molecule has 0 spiro atoms. The molecule has 1 aromatic carbocycles. The van der Waals surface area contributed by atoms with E-state index in [4.69, 9.17) is 0 Å². The summed E-state index contributed by atoms with van der Waals surface area (Å²) in [6.07, 6.45) is -2.72. The van der Waals surface area contributed by atoms with Crippen molar-refractivity contribution in [2.24, 2.45) is 5.92 Å². The van der Waals surface area contributed by atoms with Gasteiger partial charge in [-0.15, -0.1) is 18.3 Å². The van der Waals surface area contributed by atoms with Gasteiger partial charge in [0.1, 0.15) is 12.1 Å². The van der Waals surface area contributed by atoms with E-state index in [1.807, 2.05) is 13.8 Å². The first-order valence-electron chi connectivity index (χ1n) is 5.97. The zero-order valence-corrected chi connectivity index (χ0v) is 10.9. The topological polar surface area (TPSA) is 52.8 Å². The van der Waals surface area contributed by atoms with Gasteiger partial charge in [0, 0.05) is 0 Å². The van der Waals surface area contributed by atoms with Gasteiger partial charge in [-0.2, -0.15) is 0 Å². The third-order valence-electron chi connectivity index (χ3n) is 2.51. The monoisotopic (exact) mass is 286 g/mol. The Bertz CT molecular complexity index is 567. The smallest absolute Gasteiger partial charge is 0.406 e. The molecule has 0 radical (unpaired) electrons. The molecular weight excluding hydrogens is 273 g/mol. The molecule has 0 amide bonds. The highest BCUT2D eigenvalue weighted by atomic mass is 19.4. The van der Waals surface area contributed by atoms with E-state index in [9.17, 15) is 13.2 Å². The second-order valence-corrected chi connectivity index (χ2v) is 4.69. The summed E-state index contributed by atoms with van der Waals surface area (Å²) in [7, 11) is 0. The van der Waals surface area contributed by atoms with Crippen LogP contribution >= 0.6 is 0 Å². The Hall–Kier alpha value is -2.12. The van der Waals surface area contributed by atoms with Crippen molar-refractivity contribution in [3.05, 3.63) is 30.1 Å². The highest BCUT2D eigenvalue weighted by Gasteiger charge is 2.31. The zero-order chi connectivity index (χ0) is 14.8. The van der Waals surface area contributed by atoms with Crippen molar-refractivity contribution < 1.29 is 17.9 Å². The lowest BCUT2D eigenvalue weighted by Crippen LogP contribution is -2.17. The van der Waals surface area contributed by atoms with Crippen LogP contribution < -0.4 is 4.74 Å². The quantitative estimate of drug-likeness (QED) is 0.867. The average Bonchev–Trinajstić information content (AvgIpc) is 2.79. The van der Waals surface area contributed by atoms with E-state index in [1.54, 1.807) is 0 Å². The van der Waals surface area contributed by atoms with Crippen LogP contribution in [0.15, 0.2) is 24.5 Å². The lowest BCUT2D eigenvalue weighted by molar-refractivity contribution is -0.274. The van der Waals surface area contributed by atoms with Crippen LogP contribution in [0, 0.1) is 5.92 Å². The first kappa shape index (κ1) is 14.3. The van der Waals surface area contributed by atoms with Gasteiger partial charge < -0.3 is 4.74 Å². The first-order valence-corrected chi connectivity index (χ1v) is 5.97. The molecule has 2 aromatic rings. The highest BCUT2D eigenvalue weighted by molar-refractivity contribution is 5.45. The SMILES string of the molecule is CC(C)Cc1cc(OC(F)(F)F)ccc1-n1cnnn1. The molecule has 0 unspecified atom stereocenters. The van der Waals surface area contributed by atoms with E-state index in [0.29, 0.717) is 17.7 Å². The van der Waals surface area contributed by atoms with Gasteiger partial charge in [-0.25, -0.2) is 4.68 Å². The number of nitrogens with zero attached hydrogens (tertiary/aromatic N) is 4. The number of tetrazole rings is 1. The number of hydrogen-bond acceptors (Lipinski definition) is 4. The van der Waals surface area contributed by atoms with Gasteiger partial charge >= 0.3 is 6.36 Å². The Kier molecular flexibility index (Phi) is 3.91. The largest absolute Gasteiger partial charge is 0.573 e. The molecule has 1 aromatic heterocycles. The van der Waals surface area contributed by atoms with Crippen LogP contribution in [0.3, 0.4) is 0 Å². The molecule has 108 valence electrons. The molecule has 0 fully saturated rings. The van der Waals surface area contributed by atoms with Gasteiger partial charge in [-0.1, -0.05) is 13.8 Å². The fourth-order valence-electron chi connectivity index (χ4n) is 1.86. The molecular formula is C12H13F3N4O. The highest BCUT2D eigenvalue weighted by Crippen LogP contribution is 2.27. The fourth-order valence-corrected chi connectivity index (χ4v) is 1.86. The van der Waals surface area contributed by atoms with Crippen molar-refractivity contribution in [1.29, 1.82) is 0 Å². The van der Waals surface area contributed by atoms with Crippen molar-refractivity contribution in [3.63, 3.8) is 0 Å². The Morgan fingerprint density at radius 1 is 1.30 bits per heavy atom. The normalized spacial score (nSPS) is 11.9. The van der Waals surface area contributed by atoms with Crippen LogP contribution in [0.4, 0.5) is 13.2 Å². The van der Waals surface area contributed by atoms with E-state index in [-0.39, 0.29) is 11.7 Å². The maximum atomic E-state index is 12.2. The van der Waals surface area contributed by atoms with Gasteiger partial charge in [-0.05, 0) is 46.5 Å². The molecule has 0 aliphatic rings. The molecule has 0 aliphatic carbocycles. The van der Waals surface area contributed by atoms with Crippen LogP contribution in [0.2, 0.25) is 0 Å². The summed E-state index contributed by atoms with van der Waals surface area (Å²) in [5.41, 5.74) is 1.33. The third-order valence-corrected chi connectivity index (χ3v) is 2.51. The van der Waals surface area contributed by atoms with Gasteiger partial charge in [0.05, 0.1) is 5.69 Å². The minimum Gasteiger partial charge on any atom is -0.406 e. The molecule has 0 aliphatic heterocycles. The van der Waals surface area contributed by atoms with Crippen LogP contribution in [0.25, 0.3) is 5.69 Å². The van der Waals surface area contributed by atoms with Crippen LogP contribution in [-0.4, -0.2) is 26.6 Å². The zero-order valence-electron chi connectivity index (χ0n) is 10.9. The number of aromatic nitrogens is 4. The Morgan fingerprint density at radius 3 is 2.60 bits per heavy atom. The third kappa shape index (κ3) is 3.69. The van der Waals surface area contributed by atoms with Crippen LogP contribution in [-0.2, 0) is 6.42 Å². The lowest BCUT2D eigenvalue weighted by atomic mass is 10.0. The number of ether oxygens (including phenoxy) is 1. The summed E-state index contributed by atoms with van der Waals surface area (Å²) in [4.78, 5) is 0. The molecule has 2 rings (SSSR count). The number of hydrogen-bond donors (Lipinski definition) is 0. The number of alkyl halides is 3. The van der Waals surface area contributed by atoms with Gasteiger partial charge in [0.15, 0.2) is 0 Å². The summed E-state index contributed by atoms with van der Waals surface area (Å²) in [5.74, 6) is 0.0244. The molecule has 0 N–H and O–H groups in total. The van der Waals surface area contributed by atoms with E-state index in [1.165, 1.54) is 29.2 Å². The number of benzene rings is 1. The molecule has 0 saturated heterocycles. The first-order chi connectivity index (χ1) is 9.35.